The van der Waals surface area contributed by atoms with Crippen LogP contribution in [0.25, 0.3) is 0 Å². The number of aryl methyl sites for hydroxylation is 1. The first kappa shape index (κ1) is 13.1. The standard InChI is InChI=1S/C13H10BrClN2O/c1-8-4-5-16-12(6-8)17-13(18)10-7-9(15)2-3-11(10)14/h2-7H,1H3,(H,16,17,18). The van der Waals surface area contributed by atoms with Crippen LogP contribution in [0.5, 0.6) is 0 Å². The predicted molar refractivity (Wildman–Crippen MR) is 76.1 cm³/mol. The van der Waals surface area contributed by atoms with E-state index in [-0.39, 0.29) is 5.91 Å². The van der Waals surface area contributed by atoms with Crippen molar-refractivity contribution in [1.29, 1.82) is 0 Å². The SMILES string of the molecule is Cc1ccnc(NC(=O)c2cc(Cl)ccc2Br)c1. The average Bonchev–Trinajstić information content (AvgIpc) is 2.32. The molecule has 0 unspecified atom stereocenters. The summed E-state index contributed by atoms with van der Waals surface area (Å²) in [5, 5.41) is 3.24. The van der Waals surface area contributed by atoms with E-state index in [2.05, 4.69) is 26.2 Å². The number of nitrogens with one attached hydrogen (secondary N) is 1. The minimum Gasteiger partial charge on any atom is -0.307 e. The van der Waals surface area contributed by atoms with Crippen LogP contribution in [0, 0.1) is 6.92 Å². The molecule has 2 rings (SSSR count). The number of halogens is 2. The highest BCUT2D eigenvalue weighted by atomic mass is 79.9. The number of aromatic nitrogens is 1. The van der Waals surface area contributed by atoms with E-state index in [9.17, 15) is 4.79 Å². The summed E-state index contributed by atoms with van der Waals surface area (Å²) in [4.78, 5) is 16.1. The second-order valence-electron chi connectivity index (χ2n) is 3.80. The Morgan fingerprint density at radius 2 is 2.11 bits per heavy atom. The number of anilines is 1. The molecule has 0 aliphatic carbocycles. The highest BCUT2D eigenvalue weighted by molar-refractivity contribution is 9.10. The Morgan fingerprint density at radius 1 is 1.33 bits per heavy atom. The second-order valence-corrected chi connectivity index (χ2v) is 5.09. The van der Waals surface area contributed by atoms with E-state index in [1.54, 1.807) is 30.5 Å². The van der Waals surface area contributed by atoms with E-state index in [1.807, 2.05) is 13.0 Å². The van der Waals surface area contributed by atoms with Crippen molar-refractivity contribution in [3.05, 3.63) is 57.2 Å². The third-order valence-corrected chi connectivity index (χ3v) is 3.26. The van der Waals surface area contributed by atoms with Gasteiger partial charge in [0, 0.05) is 15.7 Å². The van der Waals surface area contributed by atoms with Gasteiger partial charge >= 0.3 is 0 Å². The third kappa shape index (κ3) is 3.09. The van der Waals surface area contributed by atoms with Crippen LogP contribution in [0.4, 0.5) is 5.82 Å². The third-order valence-electron chi connectivity index (χ3n) is 2.33. The van der Waals surface area contributed by atoms with E-state index < -0.39 is 0 Å². The smallest absolute Gasteiger partial charge is 0.258 e. The summed E-state index contributed by atoms with van der Waals surface area (Å²) in [6.45, 7) is 1.94. The van der Waals surface area contributed by atoms with Gasteiger partial charge in [-0.15, -0.1) is 0 Å². The van der Waals surface area contributed by atoms with Crippen LogP contribution in [0.3, 0.4) is 0 Å². The van der Waals surface area contributed by atoms with Gasteiger partial charge in [-0.05, 0) is 58.7 Å². The van der Waals surface area contributed by atoms with Gasteiger partial charge in [0.15, 0.2) is 0 Å². The van der Waals surface area contributed by atoms with Crippen molar-refractivity contribution in [2.24, 2.45) is 0 Å². The summed E-state index contributed by atoms with van der Waals surface area (Å²) in [5.74, 6) is 0.273. The molecule has 0 aliphatic heterocycles. The van der Waals surface area contributed by atoms with Crippen molar-refractivity contribution in [2.75, 3.05) is 5.32 Å². The summed E-state index contributed by atoms with van der Waals surface area (Å²) in [6, 6.07) is 8.73. The normalized spacial score (nSPS) is 10.2. The molecule has 0 aliphatic rings. The summed E-state index contributed by atoms with van der Waals surface area (Å²) in [5.41, 5.74) is 1.51. The Morgan fingerprint density at radius 3 is 2.83 bits per heavy atom. The summed E-state index contributed by atoms with van der Waals surface area (Å²) in [6.07, 6.45) is 1.65. The Hall–Kier alpha value is -1.39. The lowest BCUT2D eigenvalue weighted by Gasteiger charge is -2.07. The number of hydrogen-bond donors (Lipinski definition) is 1. The van der Waals surface area contributed by atoms with Crippen molar-refractivity contribution >= 4 is 39.3 Å². The Balaban J connectivity index is 2.24. The molecular formula is C13H10BrClN2O. The molecular weight excluding hydrogens is 316 g/mol. The molecule has 2 aromatic rings. The van der Waals surface area contributed by atoms with Crippen molar-refractivity contribution < 1.29 is 4.79 Å². The van der Waals surface area contributed by atoms with Crippen LogP contribution in [-0.4, -0.2) is 10.9 Å². The topological polar surface area (TPSA) is 42.0 Å². The van der Waals surface area contributed by atoms with Gasteiger partial charge in [0.1, 0.15) is 5.82 Å². The molecule has 1 aromatic carbocycles. The Kier molecular flexibility index (Phi) is 3.99. The van der Waals surface area contributed by atoms with Gasteiger partial charge in [0.25, 0.3) is 5.91 Å². The molecule has 0 fully saturated rings. The first-order chi connectivity index (χ1) is 8.56. The average molecular weight is 326 g/mol. The predicted octanol–water partition coefficient (Wildman–Crippen LogP) is 4.06. The zero-order valence-corrected chi connectivity index (χ0v) is 11.9. The molecule has 0 saturated heterocycles. The molecule has 5 heteroatoms. The zero-order chi connectivity index (χ0) is 13.1. The molecule has 0 saturated carbocycles. The molecule has 0 atom stereocenters. The van der Waals surface area contributed by atoms with E-state index in [1.165, 1.54) is 0 Å². The molecule has 0 bridgehead atoms. The van der Waals surface area contributed by atoms with E-state index in [0.29, 0.717) is 20.9 Å². The Bertz CT molecular complexity index is 601. The molecule has 1 amide bonds. The fourth-order valence-corrected chi connectivity index (χ4v) is 2.06. The number of benzene rings is 1. The van der Waals surface area contributed by atoms with Gasteiger partial charge in [0.05, 0.1) is 5.56 Å². The molecule has 1 heterocycles. The van der Waals surface area contributed by atoms with Crippen LogP contribution in [0.1, 0.15) is 15.9 Å². The number of carbonyl (C=O) groups excluding carboxylic acids is 1. The second kappa shape index (κ2) is 5.50. The number of pyridine rings is 1. The molecule has 1 N–H and O–H groups in total. The summed E-state index contributed by atoms with van der Waals surface area (Å²) in [7, 11) is 0. The number of rotatable bonds is 2. The van der Waals surface area contributed by atoms with Crippen LogP contribution in [-0.2, 0) is 0 Å². The number of nitrogens with zero attached hydrogens (tertiary/aromatic N) is 1. The number of amides is 1. The van der Waals surface area contributed by atoms with Gasteiger partial charge in [-0.25, -0.2) is 4.98 Å². The Labute approximate surface area is 118 Å². The van der Waals surface area contributed by atoms with E-state index in [4.69, 9.17) is 11.6 Å². The maximum atomic E-state index is 12.1. The van der Waals surface area contributed by atoms with Gasteiger partial charge in [-0.1, -0.05) is 11.6 Å². The van der Waals surface area contributed by atoms with E-state index in [0.717, 1.165) is 5.56 Å². The van der Waals surface area contributed by atoms with Gasteiger partial charge in [-0.3, -0.25) is 4.79 Å². The molecule has 0 radical (unpaired) electrons. The highest BCUT2D eigenvalue weighted by Gasteiger charge is 2.11. The van der Waals surface area contributed by atoms with Gasteiger partial charge in [0.2, 0.25) is 0 Å². The molecule has 0 spiro atoms. The minimum absolute atomic E-state index is 0.248. The van der Waals surface area contributed by atoms with Crippen LogP contribution in [0.2, 0.25) is 5.02 Å². The first-order valence-electron chi connectivity index (χ1n) is 5.25. The zero-order valence-electron chi connectivity index (χ0n) is 9.58. The van der Waals surface area contributed by atoms with Crippen molar-refractivity contribution in [1.82, 2.24) is 4.98 Å². The maximum Gasteiger partial charge on any atom is 0.258 e. The van der Waals surface area contributed by atoms with Crippen molar-refractivity contribution in [2.45, 2.75) is 6.92 Å². The molecule has 18 heavy (non-hydrogen) atoms. The lowest BCUT2D eigenvalue weighted by atomic mass is 10.2. The fourth-order valence-electron chi connectivity index (χ4n) is 1.46. The fraction of sp³-hybridized carbons (Fsp3) is 0.0769. The molecule has 1 aromatic heterocycles. The van der Waals surface area contributed by atoms with E-state index >= 15 is 0 Å². The lowest BCUT2D eigenvalue weighted by Crippen LogP contribution is -2.13. The number of carbonyl (C=O) groups is 1. The molecule has 92 valence electrons. The van der Waals surface area contributed by atoms with Crippen LogP contribution >= 0.6 is 27.5 Å². The van der Waals surface area contributed by atoms with Crippen molar-refractivity contribution in [3.8, 4) is 0 Å². The molecule has 3 nitrogen and oxygen atoms in total. The number of hydrogen-bond acceptors (Lipinski definition) is 2. The minimum atomic E-state index is -0.248. The lowest BCUT2D eigenvalue weighted by molar-refractivity contribution is 0.102. The van der Waals surface area contributed by atoms with Crippen LogP contribution in [0.15, 0.2) is 41.0 Å². The maximum absolute atomic E-state index is 12.1. The summed E-state index contributed by atoms with van der Waals surface area (Å²) < 4.78 is 0.692. The summed E-state index contributed by atoms with van der Waals surface area (Å²) >= 11 is 9.19. The largest absolute Gasteiger partial charge is 0.307 e. The first-order valence-corrected chi connectivity index (χ1v) is 6.42. The van der Waals surface area contributed by atoms with Gasteiger partial charge < -0.3 is 5.32 Å². The highest BCUT2D eigenvalue weighted by Crippen LogP contribution is 2.22. The van der Waals surface area contributed by atoms with Crippen molar-refractivity contribution in [3.63, 3.8) is 0 Å². The van der Waals surface area contributed by atoms with Crippen LogP contribution < -0.4 is 5.32 Å². The van der Waals surface area contributed by atoms with Gasteiger partial charge in [-0.2, -0.15) is 0 Å². The quantitative estimate of drug-likeness (QED) is 0.905. The monoisotopic (exact) mass is 324 g/mol.